The minimum absolute atomic E-state index is 0.0611. The van der Waals surface area contributed by atoms with E-state index in [4.69, 9.17) is 21.4 Å². The Bertz CT molecular complexity index is 1230. The minimum atomic E-state index is -0.0611. The molecule has 0 bridgehead atoms. The molecule has 190 valence electrons. The van der Waals surface area contributed by atoms with Crippen LogP contribution in [0.4, 0.5) is 0 Å². The SMILES string of the molecule is Cc1c(C(=O)NC[C@@H]2CCCCO2)ccc2nn(CC3CCN(C(=O)c4ccc(Cl)cc4)CC3)cc12. The molecule has 0 radical (unpaired) electrons. The predicted octanol–water partition coefficient (Wildman–Crippen LogP) is 4.85. The van der Waals surface area contributed by atoms with Crippen LogP contribution in [0.15, 0.2) is 42.6 Å². The number of carbonyl (C=O) groups excluding carboxylic acids is 2. The second-order valence-electron chi connectivity index (χ2n) is 9.96. The number of fused-ring (bicyclic) bond motifs is 1. The highest BCUT2D eigenvalue weighted by atomic mass is 35.5. The molecule has 0 saturated carbocycles. The van der Waals surface area contributed by atoms with Gasteiger partial charge in [0.1, 0.15) is 0 Å². The predicted molar refractivity (Wildman–Crippen MR) is 140 cm³/mol. The molecular weight excluding hydrogens is 476 g/mol. The standard InChI is InChI=1S/C28H33ClN4O3/c1-19-24(27(34)30-16-23-4-2-3-15-36-23)9-10-26-25(19)18-33(31-26)17-20-11-13-32(14-12-20)28(35)21-5-7-22(29)8-6-21/h5-10,18,20,23H,2-4,11-17H2,1H3,(H,30,34)/t23-/m0/s1. The second-order valence-corrected chi connectivity index (χ2v) is 10.4. The summed E-state index contributed by atoms with van der Waals surface area (Å²) in [4.78, 5) is 27.6. The van der Waals surface area contributed by atoms with Gasteiger partial charge in [0.2, 0.25) is 0 Å². The number of nitrogens with zero attached hydrogens (tertiary/aromatic N) is 3. The van der Waals surface area contributed by atoms with Crippen molar-refractivity contribution in [3.63, 3.8) is 0 Å². The van der Waals surface area contributed by atoms with Crippen LogP contribution in [0.5, 0.6) is 0 Å². The Morgan fingerprint density at radius 3 is 2.58 bits per heavy atom. The van der Waals surface area contributed by atoms with Gasteiger partial charge in [-0.1, -0.05) is 11.6 Å². The quantitative estimate of drug-likeness (QED) is 0.516. The Labute approximate surface area is 216 Å². The highest BCUT2D eigenvalue weighted by molar-refractivity contribution is 6.30. The number of aromatic nitrogens is 2. The molecule has 2 saturated heterocycles. The molecule has 2 amide bonds. The van der Waals surface area contributed by atoms with Crippen LogP contribution >= 0.6 is 11.6 Å². The Kier molecular flexibility index (Phi) is 7.58. The van der Waals surface area contributed by atoms with Crippen molar-refractivity contribution in [3.8, 4) is 0 Å². The van der Waals surface area contributed by atoms with Gasteiger partial charge in [-0.05, 0) is 86.9 Å². The maximum Gasteiger partial charge on any atom is 0.253 e. The van der Waals surface area contributed by atoms with Gasteiger partial charge < -0.3 is 15.0 Å². The summed E-state index contributed by atoms with van der Waals surface area (Å²) in [5.74, 6) is 0.452. The molecule has 0 spiro atoms. The monoisotopic (exact) mass is 508 g/mol. The summed E-state index contributed by atoms with van der Waals surface area (Å²) in [5.41, 5.74) is 3.21. The lowest BCUT2D eigenvalue weighted by Gasteiger charge is -2.32. The van der Waals surface area contributed by atoms with Gasteiger partial charge in [-0.2, -0.15) is 5.10 Å². The van der Waals surface area contributed by atoms with Crippen molar-refractivity contribution < 1.29 is 14.3 Å². The average Bonchev–Trinajstić information content (AvgIpc) is 3.32. The number of carbonyl (C=O) groups is 2. The van der Waals surface area contributed by atoms with Crippen LogP contribution in [0.25, 0.3) is 10.9 Å². The van der Waals surface area contributed by atoms with E-state index in [-0.39, 0.29) is 17.9 Å². The molecule has 8 heteroatoms. The van der Waals surface area contributed by atoms with Crippen LogP contribution in [-0.4, -0.2) is 58.8 Å². The fourth-order valence-electron chi connectivity index (χ4n) is 5.25. The van der Waals surface area contributed by atoms with E-state index in [1.807, 2.05) is 28.6 Å². The fourth-order valence-corrected chi connectivity index (χ4v) is 5.37. The zero-order valence-corrected chi connectivity index (χ0v) is 21.5. The van der Waals surface area contributed by atoms with Crippen molar-refractivity contribution in [2.45, 2.75) is 51.7 Å². The van der Waals surface area contributed by atoms with Crippen molar-refractivity contribution in [1.82, 2.24) is 20.0 Å². The van der Waals surface area contributed by atoms with Crippen LogP contribution in [-0.2, 0) is 11.3 Å². The van der Waals surface area contributed by atoms with Gasteiger partial charge >= 0.3 is 0 Å². The molecule has 2 fully saturated rings. The number of benzene rings is 2. The summed E-state index contributed by atoms with van der Waals surface area (Å²) >= 11 is 5.95. The smallest absolute Gasteiger partial charge is 0.253 e. The van der Waals surface area contributed by atoms with Crippen molar-refractivity contribution in [2.75, 3.05) is 26.2 Å². The van der Waals surface area contributed by atoms with Crippen molar-refractivity contribution in [2.24, 2.45) is 5.92 Å². The summed E-state index contributed by atoms with van der Waals surface area (Å²) in [7, 11) is 0. The Hall–Kier alpha value is -2.90. The number of rotatable bonds is 6. The van der Waals surface area contributed by atoms with Gasteiger partial charge in [0.05, 0.1) is 11.6 Å². The van der Waals surface area contributed by atoms with E-state index < -0.39 is 0 Å². The molecule has 1 aromatic heterocycles. The molecule has 2 aliphatic rings. The third kappa shape index (κ3) is 5.57. The summed E-state index contributed by atoms with van der Waals surface area (Å²) in [6.07, 6.45) is 7.29. The molecule has 2 aromatic carbocycles. The maximum atomic E-state index is 12.8. The van der Waals surface area contributed by atoms with Gasteiger partial charge in [0, 0.05) is 60.5 Å². The van der Waals surface area contributed by atoms with Crippen LogP contribution in [0, 0.1) is 12.8 Å². The maximum absolute atomic E-state index is 12.8. The largest absolute Gasteiger partial charge is 0.376 e. The van der Waals surface area contributed by atoms with Crippen molar-refractivity contribution >= 4 is 34.3 Å². The van der Waals surface area contributed by atoms with Crippen LogP contribution < -0.4 is 5.32 Å². The zero-order chi connectivity index (χ0) is 25.1. The van der Waals surface area contributed by atoms with Crippen LogP contribution in [0.3, 0.4) is 0 Å². The molecule has 1 N–H and O–H groups in total. The van der Waals surface area contributed by atoms with Gasteiger partial charge in [0.25, 0.3) is 11.8 Å². The van der Waals surface area contributed by atoms with Gasteiger partial charge in [0.15, 0.2) is 0 Å². The first kappa shape index (κ1) is 24.8. The van der Waals surface area contributed by atoms with E-state index in [1.54, 1.807) is 24.3 Å². The number of aryl methyl sites for hydroxylation is 1. The first-order chi connectivity index (χ1) is 17.5. The molecule has 1 atom stereocenters. The molecule has 7 nitrogen and oxygen atoms in total. The third-order valence-electron chi connectivity index (χ3n) is 7.45. The normalized spacial score (nSPS) is 18.9. The number of likely N-dealkylation sites (tertiary alicyclic amines) is 1. The Morgan fingerprint density at radius 2 is 1.86 bits per heavy atom. The number of hydrogen-bond donors (Lipinski definition) is 1. The third-order valence-corrected chi connectivity index (χ3v) is 7.71. The van der Waals surface area contributed by atoms with Gasteiger partial charge in [-0.25, -0.2) is 0 Å². The van der Waals surface area contributed by atoms with E-state index >= 15 is 0 Å². The fraction of sp³-hybridized carbons (Fsp3) is 0.464. The highest BCUT2D eigenvalue weighted by Crippen LogP contribution is 2.25. The molecule has 3 heterocycles. The van der Waals surface area contributed by atoms with Crippen LogP contribution in [0.2, 0.25) is 5.02 Å². The Balaban J connectivity index is 1.18. The number of halogens is 1. The number of piperidine rings is 1. The topological polar surface area (TPSA) is 76.5 Å². The molecule has 5 rings (SSSR count). The van der Waals surface area contributed by atoms with E-state index in [2.05, 4.69) is 11.5 Å². The summed E-state index contributed by atoms with van der Waals surface area (Å²) in [6, 6.07) is 10.9. The molecule has 36 heavy (non-hydrogen) atoms. The molecule has 3 aromatic rings. The van der Waals surface area contributed by atoms with E-state index in [0.29, 0.717) is 28.6 Å². The number of hydrogen-bond acceptors (Lipinski definition) is 4. The summed E-state index contributed by atoms with van der Waals surface area (Å²) < 4.78 is 7.73. The van der Waals surface area contributed by atoms with Crippen molar-refractivity contribution in [1.29, 1.82) is 0 Å². The molecule has 0 unspecified atom stereocenters. The highest BCUT2D eigenvalue weighted by Gasteiger charge is 2.24. The average molecular weight is 509 g/mol. The van der Waals surface area contributed by atoms with E-state index in [0.717, 1.165) is 74.8 Å². The molecular formula is C28H33ClN4O3. The zero-order valence-electron chi connectivity index (χ0n) is 20.7. The van der Waals surface area contributed by atoms with Crippen LogP contribution in [0.1, 0.15) is 58.4 Å². The summed E-state index contributed by atoms with van der Waals surface area (Å²) in [5, 5.41) is 9.45. The first-order valence-electron chi connectivity index (χ1n) is 12.9. The molecule has 2 aliphatic heterocycles. The van der Waals surface area contributed by atoms with Gasteiger partial charge in [-0.3, -0.25) is 14.3 Å². The molecule has 0 aliphatic carbocycles. The minimum Gasteiger partial charge on any atom is -0.376 e. The second kappa shape index (κ2) is 11.0. The number of nitrogens with one attached hydrogen (secondary N) is 1. The lowest BCUT2D eigenvalue weighted by molar-refractivity contribution is 0.0169. The Morgan fingerprint density at radius 1 is 1.08 bits per heavy atom. The van der Waals surface area contributed by atoms with E-state index in [9.17, 15) is 9.59 Å². The summed E-state index contributed by atoms with van der Waals surface area (Å²) in [6.45, 7) is 5.60. The lowest BCUT2D eigenvalue weighted by atomic mass is 9.96. The van der Waals surface area contributed by atoms with Crippen molar-refractivity contribution in [3.05, 3.63) is 64.3 Å². The number of amides is 2. The van der Waals surface area contributed by atoms with E-state index in [1.165, 1.54) is 0 Å². The van der Waals surface area contributed by atoms with Gasteiger partial charge in [-0.15, -0.1) is 0 Å². The lowest BCUT2D eigenvalue weighted by Crippen LogP contribution is -2.39. The number of ether oxygens (including phenoxy) is 1. The first-order valence-corrected chi connectivity index (χ1v) is 13.3.